The lowest BCUT2D eigenvalue weighted by molar-refractivity contribution is 0.409. The summed E-state index contributed by atoms with van der Waals surface area (Å²) in [7, 11) is 1.73. The molecule has 0 saturated carbocycles. The molecular weight excluding hydrogens is 248 g/mol. The lowest BCUT2D eigenvalue weighted by atomic mass is 10.1. The van der Waals surface area contributed by atoms with Gasteiger partial charge in [-0.2, -0.15) is 0 Å². The van der Waals surface area contributed by atoms with E-state index in [9.17, 15) is 0 Å². The standard InChI is InChI=1S/C17H20N2O/c1-12-6-7-17(20-2)13(10-12)11-19-9-8-14-15(18)4-3-5-16(14)19/h3-7,10H,8-9,11,18H2,1-2H3. The molecule has 3 rings (SSSR count). The van der Waals surface area contributed by atoms with E-state index >= 15 is 0 Å². The Balaban J connectivity index is 1.91. The van der Waals surface area contributed by atoms with E-state index in [2.05, 4.69) is 30.0 Å². The Labute approximate surface area is 120 Å². The molecule has 0 unspecified atom stereocenters. The molecule has 0 aliphatic carbocycles. The van der Waals surface area contributed by atoms with Crippen LogP contribution in [-0.2, 0) is 13.0 Å². The highest BCUT2D eigenvalue weighted by Gasteiger charge is 2.21. The third kappa shape index (κ3) is 2.20. The summed E-state index contributed by atoms with van der Waals surface area (Å²) in [4.78, 5) is 2.38. The summed E-state index contributed by atoms with van der Waals surface area (Å²) in [5, 5.41) is 0. The number of ether oxygens (including phenoxy) is 1. The molecule has 1 aliphatic heterocycles. The quantitative estimate of drug-likeness (QED) is 0.869. The third-order valence-electron chi connectivity index (χ3n) is 3.96. The van der Waals surface area contributed by atoms with Crippen molar-refractivity contribution in [1.29, 1.82) is 0 Å². The van der Waals surface area contributed by atoms with Crippen LogP contribution in [0.25, 0.3) is 0 Å². The number of hydrogen-bond acceptors (Lipinski definition) is 3. The van der Waals surface area contributed by atoms with Crippen molar-refractivity contribution >= 4 is 11.4 Å². The average molecular weight is 268 g/mol. The van der Waals surface area contributed by atoms with E-state index in [1.54, 1.807) is 7.11 Å². The molecule has 3 heteroatoms. The van der Waals surface area contributed by atoms with Crippen molar-refractivity contribution in [3.63, 3.8) is 0 Å². The SMILES string of the molecule is COc1ccc(C)cc1CN1CCc2c(N)cccc21. The highest BCUT2D eigenvalue weighted by atomic mass is 16.5. The maximum Gasteiger partial charge on any atom is 0.123 e. The maximum absolute atomic E-state index is 6.06. The number of rotatable bonds is 3. The van der Waals surface area contributed by atoms with Gasteiger partial charge >= 0.3 is 0 Å². The van der Waals surface area contributed by atoms with Gasteiger partial charge in [0.2, 0.25) is 0 Å². The number of anilines is 2. The number of nitrogens with zero attached hydrogens (tertiary/aromatic N) is 1. The first-order chi connectivity index (χ1) is 9.69. The molecule has 1 aliphatic rings. The molecule has 0 amide bonds. The Morgan fingerprint density at radius 3 is 2.90 bits per heavy atom. The van der Waals surface area contributed by atoms with Crippen LogP contribution in [0.5, 0.6) is 5.75 Å². The number of nitrogen functional groups attached to an aromatic ring is 1. The van der Waals surface area contributed by atoms with Crippen LogP contribution in [0.1, 0.15) is 16.7 Å². The minimum atomic E-state index is 0.862. The van der Waals surface area contributed by atoms with Gasteiger partial charge in [-0.3, -0.25) is 0 Å². The molecule has 0 bridgehead atoms. The van der Waals surface area contributed by atoms with Gasteiger partial charge in [-0.15, -0.1) is 0 Å². The topological polar surface area (TPSA) is 38.5 Å². The summed E-state index contributed by atoms with van der Waals surface area (Å²) >= 11 is 0. The number of methoxy groups -OCH3 is 1. The molecule has 2 aromatic rings. The first kappa shape index (κ1) is 12.9. The Hall–Kier alpha value is -2.16. The van der Waals surface area contributed by atoms with Gasteiger partial charge in [-0.1, -0.05) is 23.8 Å². The van der Waals surface area contributed by atoms with Crippen molar-refractivity contribution in [3.05, 3.63) is 53.1 Å². The van der Waals surface area contributed by atoms with Crippen LogP contribution >= 0.6 is 0 Å². The molecular formula is C17H20N2O. The molecule has 0 fully saturated rings. The van der Waals surface area contributed by atoms with Crippen molar-refractivity contribution in [2.75, 3.05) is 24.3 Å². The van der Waals surface area contributed by atoms with Gasteiger partial charge in [-0.05, 0) is 31.5 Å². The molecule has 20 heavy (non-hydrogen) atoms. The minimum absolute atomic E-state index is 0.862. The van der Waals surface area contributed by atoms with Crippen molar-refractivity contribution in [2.24, 2.45) is 0 Å². The summed E-state index contributed by atoms with van der Waals surface area (Å²) in [5.74, 6) is 0.952. The second-order valence-electron chi connectivity index (χ2n) is 5.33. The van der Waals surface area contributed by atoms with Crippen molar-refractivity contribution < 1.29 is 4.74 Å². The van der Waals surface area contributed by atoms with Crippen molar-refractivity contribution in [3.8, 4) is 5.75 Å². The van der Waals surface area contributed by atoms with E-state index in [1.807, 2.05) is 18.2 Å². The lowest BCUT2D eigenvalue weighted by Gasteiger charge is -2.21. The molecule has 0 spiro atoms. The Morgan fingerprint density at radius 1 is 1.25 bits per heavy atom. The largest absolute Gasteiger partial charge is 0.496 e. The first-order valence-corrected chi connectivity index (χ1v) is 6.95. The minimum Gasteiger partial charge on any atom is -0.496 e. The first-order valence-electron chi connectivity index (χ1n) is 6.95. The van der Waals surface area contributed by atoms with Crippen LogP contribution in [-0.4, -0.2) is 13.7 Å². The van der Waals surface area contributed by atoms with Gasteiger partial charge in [0.1, 0.15) is 5.75 Å². The number of nitrogens with two attached hydrogens (primary N) is 1. The smallest absolute Gasteiger partial charge is 0.123 e. The van der Waals surface area contributed by atoms with E-state index in [4.69, 9.17) is 10.5 Å². The number of fused-ring (bicyclic) bond motifs is 1. The van der Waals surface area contributed by atoms with Crippen LogP contribution in [0.3, 0.4) is 0 Å². The fourth-order valence-corrected chi connectivity index (χ4v) is 2.93. The van der Waals surface area contributed by atoms with Gasteiger partial charge in [0.25, 0.3) is 0 Å². The van der Waals surface area contributed by atoms with Crippen LogP contribution in [0, 0.1) is 6.92 Å². The third-order valence-corrected chi connectivity index (χ3v) is 3.96. The summed E-state index contributed by atoms with van der Waals surface area (Å²) in [6, 6.07) is 12.5. The highest BCUT2D eigenvalue weighted by molar-refractivity contribution is 5.68. The zero-order valence-electron chi connectivity index (χ0n) is 12.0. The lowest BCUT2D eigenvalue weighted by Crippen LogP contribution is -2.20. The second-order valence-corrected chi connectivity index (χ2v) is 5.33. The van der Waals surface area contributed by atoms with E-state index in [1.165, 1.54) is 22.4 Å². The number of benzene rings is 2. The van der Waals surface area contributed by atoms with E-state index < -0.39 is 0 Å². The van der Waals surface area contributed by atoms with E-state index in [0.29, 0.717) is 0 Å². The second kappa shape index (κ2) is 5.08. The monoisotopic (exact) mass is 268 g/mol. The average Bonchev–Trinajstić information content (AvgIpc) is 2.84. The molecule has 2 aromatic carbocycles. The highest BCUT2D eigenvalue weighted by Crippen LogP contribution is 2.34. The summed E-state index contributed by atoms with van der Waals surface area (Å²) in [6.45, 7) is 3.99. The molecule has 104 valence electrons. The summed E-state index contributed by atoms with van der Waals surface area (Å²) in [5.41, 5.74) is 12.0. The maximum atomic E-state index is 6.06. The van der Waals surface area contributed by atoms with Crippen LogP contribution < -0.4 is 15.4 Å². The zero-order chi connectivity index (χ0) is 14.1. The van der Waals surface area contributed by atoms with Gasteiger partial charge in [0.05, 0.1) is 7.11 Å². The molecule has 0 atom stereocenters. The Kier molecular flexibility index (Phi) is 3.26. The Morgan fingerprint density at radius 2 is 2.10 bits per heavy atom. The van der Waals surface area contributed by atoms with Crippen LogP contribution in [0.15, 0.2) is 36.4 Å². The molecule has 1 heterocycles. The molecule has 0 saturated heterocycles. The van der Waals surface area contributed by atoms with Gasteiger partial charge < -0.3 is 15.4 Å². The Bertz CT molecular complexity index is 637. The van der Waals surface area contributed by atoms with Gasteiger partial charge in [0, 0.05) is 35.6 Å². The predicted octanol–water partition coefficient (Wildman–Crippen LogP) is 3.15. The number of aryl methyl sites for hydroxylation is 1. The van der Waals surface area contributed by atoms with Crippen molar-refractivity contribution in [2.45, 2.75) is 19.9 Å². The number of hydrogen-bond donors (Lipinski definition) is 1. The molecule has 0 radical (unpaired) electrons. The fraction of sp³-hybridized carbons (Fsp3) is 0.294. The molecule has 2 N–H and O–H groups in total. The van der Waals surface area contributed by atoms with Crippen LogP contribution in [0.4, 0.5) is 11.4 Å². The zero-order valence-corrected chi connectivity index (χ0v) is 12.0. The van der Waals surface area contributed by atoms with Gasteiger partial charge in [0.15, 0.2) is 0 Å². The molecule has 3 nitrogen and oxygen atoms in total. The van der Waals surface area contributed by atoms with E-state index in [-0.39, 0.29) is 0 Å². The normalized spacial score (nSPS) is 13.4. The molecule has 0 aromatic heterocycles. The van der Waals surface area contributed by atoms with E-state index in [0.717, 1.165) is 30.9 Å². The summed E-state index contributed by atoms with van der Waals surface area (Å²) in [6.07, 6.45) is 1.02. The van der Waals surface area contributed by atoms with Crippen LogP contribution in [0.2, 0.25) is 0 Å². The fourth-order valence-electron chi connectivity index (χ4n) is 2.93. The summed E-state index contributed by atoms with van der Waals surface area (Å²) < 4.78 is 5.47. The van der Waals surface area contributed by atoms with Crippen molar-refractivity contribution in [1.82, 2.24) is 0 Å². The van der Waals surface area contributed by atoms with Gasteiger partial charge in [-0.25, -0.2) is 0 Å². The predicted molar refractivity (Wildman–Crippen MR) is 83.3 cm³/mol.